The van der Waals surface area contributed by atoms with E-state index in [-0.39, 0.29) is 12.5 Å². The molecule has 1 aliphatic heterocycles. The van der Waals surface area contributed by atoms with E-state index in [4.69, 9.17) is 5.11 Å². The molecule has 1 aliphatic rings. The van der Waals surface area contributed by atoms with Crippen LogP contribution in [0.2, 0.25) is 0 Å². The number of amides is 2. The maximum absolute atomic E-state index is 12.4. The lowest BCUT2D eigenvalue weighted by Gasteiger charge is -2.35. The number of hydrogen-bond acceptors (Lipinski definition) is 2. The molecule has 2 rings (SSSR count). The Hall–Kier alpha value is -2.04. The molecule has 0 spiro atoms. The first-order valence-electron chi connectivity index (χ1n) is 7.48. The molecule has 2 N–H and O–H groups in total. The Morgan fingerprint density at radius 1 is 1.38 bits per heavy atom. The molecule has 1 heterocycles. The average molecular weight is 290 g/mol. The van der Waals surface area contributed by atoms with Gasteiger partial charge in [-0.1, -0.05) is 19.1 Å². The van der Waals surface area contributed by atoms with Crippen LogP contribution in [0.1, 0.15) is 38.2 Å². The summed E-state index contributed by atoms with van der Waals surface area (Å²) in [7, 11) is 0. The molecule has 0 bridgehead atoms. The Labute approximate surface area is 125 Å². The van der Waals surface area contributed by atoms with Crippen molar-refractivity contribution in [1.82, 2.24) is 4.90 Å². The van der Waals surface area contributed by atoms with Crippen LogP contribution in [-0.4, -0.2) is 34.6 Å². The fraction of sp³-hybridized carbons (Fsp3) is 0.500. The number of urea groups is 1. The van der Waals surface area contributed by atoms with Crippen LogP contribution in [-0.2, 0) is 11.2 Å². The molecular weight excluding hydrogens is 268 g/mol. The molecule has 0 aromatic heterocycles. The van der Waals surface area contributed by atoms with Crippen molar-refractivity contribution >= 4 is 17.7 Å². The highest BCUT2D eigenvalue weighted by atomic mass is 16.4. The monoisotopic (exact) mass is 290 g/mol. The molecule has 1 aromatic carbocycles. The molecule has 1 unspecified atom stereocenters. The Balaban J connectivity index is 2.03. The van der Waals surface area contributed by atoms with Crippen LogP contribution in [0.25, 0.3) is 0 Å². The fourth-order valence-electron chi connectivity index (χ4n) is 2.82. The molecule has 21 heavy (non-hydrogen) atoms. The molecule has 0 radical (unpaired) electrons. The van der Waals surface area contributed by atoms with E-state index >= 15 is 0 Å². The zero-order chi connectivity index (χ0) is 15.2. The molecule has 1 fully saturated rings. The average Bonchev–Trinajstić information content (AvgIpc) is 2.46. The largest absolute Gasteiger partial charge is 0.481 e. The first-order chi connectivity index (χ1) is 10.1. The van der Waals surface area contributed by atoms with E-state index in [1.165, 1.54) is 6.42 Å². The number of carbonyl (C=O) groups is 2. The molecular formula is C16H22N2O3. The van der Waals surface area contributed by atoms with Crippen LogP contribution in [0.15, 0.2) is 24.3 Å². The van der Waals surface area contributed by atoms with Crippen molar-refractivity contribution in [3.63, 3.8) is 0 Å². The highest BCUT2D eigenvalue weighted by Crippen LogP contribution is 2.21. The molecule has 5 heteroatoms. The van der Waals surface area contributed by atoms with Crippen molar-refractivity contribution in [3.8, 4) is 0 Å². The number of carboxylic acid groups (broad SMARTS) is 1. The van der Waals surface area contributed by atoms with Gasteiger partial charge < -0.3 is 15.3 Å². The minimum absolute atomic E-state index is 0.0367. The van der Waals surface area contributed by atoms with Crippen molar-refractivity contribution < 1.29 is 14.7 Å². The van der Waals surface area contributed by atoms with Crippen molar-refractivity contribution in [2.75, 3.05) is 11.9 Å². The van der Waals surface area contributed by atoms with Gasteiger partial charge in [-0.3, -0.25) is 4.79 Å². The SMILES string of the molecule is CCC1CCCCN1C(=O)Nc1cccc(CC(=O)O)c1. The second-order valence-corrected chi connectivity index (χ2v) is 5.45. The van der Waals surface area contributed by atoms with Gasteiger partial charge in [0.25, 0.3) is 0 Å². The number of aliphatic carboxylic acids is 1. The second kappa shape index (κ2) is 7.11. The van der Waals surface area contributed by atoms with Gasteiger partial charge >= 0.3 is 12.0 Å². The lowest BCUT2D eigenvalue weighted by atomic mass is 10.0. The van der Waals surface area contributed by atoms with Crippen molar-refractivity contribution in [3.05, 3.63) is 29.8 Å². The van der Waals surface area contributed by atoms with E-state index in [0.717, 1.165) is 25.8 Å². The van der Waals surface area contributed by atoms with Crippen molar-refractivity contribution in [2.24, 2.45) is 0 Å². The van der Waals surface area contributed by atoms with Gasteiger partial charge in [-0.25, -0.2) is 4.79 Å². The van der Waals surface area contributed by atoms with Crippen molar-refractivity contribution in [2.45, 2.75) is 45.1 Å². The summed E-state index contributed by atoms with van der Waals surface area (Å²) in [6, 6.07) is 7.24. The number of benzene rings is 1. The van der Waals surface area contributed by atoms with E-state index in [9.17, 15) is 9.59 Å². The van der Waals surface area contributed by atoms with Crippen LogP contribution in [0.3, 0.4) is 0 Å². The maximum atomic E-state index is 12.4. The molecule has 5 nitrogen and oxygen atoms in total. The number of anilines is 1. The number of rotatable bonds is 4. The summed E-state index contributed by atoms with van der Waals surface area (Å²) in [5.74, 6) is -0.874. The zero-order valence-electron chi connectivity index (χ0n) is 12.3. The lowest BCUT2D eigenvalue weighted by molar-refractivity contribution is -0.136. The number of piperidine rings is 1. The third-order valence-electron chi connectivity index (χ3n) is 3.89. The molecule has 0 aliphatic carbocycles. The van der Waals surface area contributed by atoms with Gasteiger partial charge in [0.2, 0.25) is 0 Å². The number of nitrogens with zero attached hydrogens (tertiary/aromatic N) is 1. The molecule has 1 atom stereocenters. The maximum Gasteiger partial charge on any atom is 0.322 e. The summed E-state index contributed by atoms with van der Waals surface area (Å²) in [4.78, 5) is 25.0. The zero-order valence-corrected chi connectivity index (χ0v) is 12.3. The first kappa shape index (κ1) is 15.4. The summed E-state index contributed by atoms with van der Waals surface area (Å²) in [5, 5.41) is 11.7. The number of carbonyl (C=O) groups excluding carboxylic acids is 1. The van der Waals surface area contributed by atoms with E-state index in [1.807, 2.05) is 4.90 Å². The highest BCUT2D eigenvalue weighted by molar-refractivity contribution is 5.89. The van der Waals surface area contributed by atoms with Gasteiger partial charge in [0.15, 0.2) is 0 Å². The minimum Gasteiger partial charge on any atom is -0.481 e. The number of likely N-dealkylation sites (tertiary alicyclic amines) is 1. The summed E-state index contributed by atoms with van der Waals surface area (Å²) < 4.78 is 0. The van der Waals surface area contributed by atoms with E-state index in [0.29, 0.717) is 17.3 Å². The summed E-state index contributed by atoms with van der Waals surface area (Å²) >= 11 is 0. The van der Waals surface area contributed by atoms with E-state index in [2.05, 4.69) is 12.2 Å². The van der Waals surface area contributed by atoms with E-state index < -0.39 is 5.97 Å². The molecule has 2 amide bonds. The topological polar surface area (TPSA) is 69.6 Å². The number of hydrogen-bond donors (Lipinski definition) is 2. The highest BCUT2D eigenvalue weighted by Gasteiger charge is 2.25. The van der Waals surface area contributed by atoms with Gasteiger partial charge in [-0.05, 0) is 43.4 Å². The van der Waals surface area contributed by atoms with Gasteiger partial charge in [0.05, 0.1) is 6.42 Å². The normalized spacial score (nSPS) is 18.3. The van der Waals surface area contributed by atoms with Crippen LogP contribution < -0.4 is 5.32 Å². The predicted molar refractivity (Wildman–Crippen MR) is 81.4 cm³/mol. The second-order valence-electron chi connectivity index (χ2n) is 5.45. The Kier molecular flexibility index (Phi) is 5.20. The summed E-state index contributed by atoms with van der Waals surface area (Å²) in [6.45, 7) is 2.89. The third kappa shape index (κ3) is 4.21. The van der Waals surface area contributed by atoms with Crippen LogP contribution in [0.4, 0.5) is 10.5 Å². The molecule has 0 saturated carbocycles. The van der Waals surface area contributed by atoms with Crippen LogP contribution in [0, 0.1) is 0 Å². The number of carboxylic acids is 1. The predicted octanol–water partition coefficient (Wildman–Crippen LogP) is 3.11. The Bertz CT molecular complexity index is 516. The summed E-state index contributed by atoms with van der Waals surface area (Å²) in [6.07, 6.45) is 4.21. The standard InChI is InChI=1S/C16H22N2O3/c1-2-14-8-3-4-9-18(14)16(21)17-13-7-5-6-12(10-13)11-15(19)20/h5-7,10,14H,2-4,8-9,11H2,1H3,(H,17,21)(H,19,20). The van der Waals surface area contributed by atoms with Crippen LogP contribution in [0.5, 0.6) is 0 Å². The van der Waals surface area contributed by atoms with E-state index in [1.54, 1.807) is 24.3 Å². The number of nitrogens with one attached hydrogen (secondary N) is 1. The molecule has 1 saturated heterocycles. The first-order valence-corrected chi connectivity index (χ1v) is 7.48. The van der Waals surface area contributed by atoms with Gasteiger partial charge in [-0.15, -0.1) is 0 Å². The Morgan fingerprint density at radius 2 is 2.19 bits per heavy atom. The van der Waals surface area contributed by atoms with Crippen LogP contribution >= 0.6 is 0 Å². The quantitative estimate of drug-likeness (QED) is 0.895. The summed E-state index contributed by atoms with van der Waals surface area (Å²) in [5.41, 5.74) is 1.34. The fourth-order valence-corrected chi connectivity index (χ4v) is 2.82. The smallest absolute Gasteiger partial charge is 0.322 e. The lowest BCUT2D eigenvalue weighted by Crippen LogP contribution is -2.45. The minimum atomic E-state index is -0.874. The van der Waals surface area contributed by atoms with Gasteiger partial charge in [-0.2, -0.15) is 0 Å². The molecule has 114 valence electrons. The van der Waals surface area contributed by atoms with Crippen molar-refractivity contribution in [1.29, 1.82) is 0 Å². The molecule has 1 aromatic rings. The Morgan fingerprint density at radius 3 is 2.90 bits per heavy atom. The third-order valence-corrected chi connectivity index (χ3v) is 3.89. The van der Waals surface area contributed by atoms with Gasteiger partial charge in [0, 0.05) is 18.3 Å². The van der Waals surface area contributed by atoms with Gasteiger partial charge in [0.1, 0.15) is 0 Å².